The fourth-order valence-electron chi connectivity index (χ4n) is 2.70. The van der Waals surface area contributed by atoms with E-state index in [0.717, 1.165) is 24.2 Å². The molecule has 6 nitrogen and oxygen atoms in total. The smallest absolute Gasteiger partial charge is 0.158 e. The van der Waals surface area contributed by atoms with Gasteiger partial charge in [-0.05, 0) is 31.6 Å². The average Bonchev–Trinajstić information content (AvgIpc) is 2.52. The third-order valence-electron chi connectivity index (χ3n) is 4.06. The molecule has 1 heterocycles. The Labute approximate surface area is 126 Å². The predicted octanol–water partition coefficient (Wildman–Crippen LogP) is 2.54. The van der Waals surface area contributed by atoms with Gasteiger partial charge in [0.05, 0.1) is 0 Å². The molecule has 0 saturated heterocycles. The molecule has 2 rings (SSSR count). The Hall–Kier alpha value is -1.40. The van der Waals surface area contributed by atoms with Crippen molar-refractivity contribution in [1.82, 2.24) is 9.97 Å². The van der Waals surface area contributed by atoms with Crippen LogP contribution in [0.5, 0.6) is 0 Å². The standard InChI is InChI=1S/C15H27N5O/c1-3-21-10-15-18-13(8-14(19-15)20-16)17-9-12-6-4-11(2)5-7-12/h8,11-12H,3-7,9-10,16H2,1-2H3,(H2,17,18,19,20). The molecule has 1 aromatic heterocycles. The molecule has 0 amide bonds. The van der Waals surface area contributed by atoms with Crippen molar-refractivity contribution in [3.63, 3.8) is 0 Å². The van der Waals surface area contributed by atoms with Crippen LogP contribution in [-0.4, -0.2) is 23.1 Å². The second kappa shape index (κ2) is 8.14. The molecule has 0 spiro atoms. The highest BCUT2D eigenvalue weighted by Crippen LogP contribution is 2.28. The van der Waals surface area contributed by atoms with Crippen molar-refractivity contribution < 1.29 is 4.74 Å². The van der Waals surface area contributed by atoms with E-state index in [0.29, 0.717) is 24.9 Å². The van der Waals surface area contributed by atoms with Crippen LogP contribution in [0.3, 0.4) is 0 Å². The Morgan fingerprint density at radius 2 is 1.95 bits per heavy atom. The number of hydrogen-bond donors (Lipinski definition) is 3. The van der Waals surface area contributed by atoms with Crippen molar-refractivity contribution >= 4 is 11.6 Å². The fraction of sp³-hybridized carbons (Fsp3) is 0.733. The molecule has 1 aliphatic carbocycles. The second-order valence-corrected chi connectivity index (χ2v) is 5.84. The van der Waals surface area contributed by atoms with Gasteiger partial charge in [-0.15, -0.1) is 0 Å². The van der Waals surface area contributed by atoms with E-state index < -0.39 is 0 Å². The molecular weight excluding hydrogens is 266 g/mol. The monoisotopic (exact) mass is 293 g/mol. The van der Waals surface area contributed by atoms with Crippen molar-refractivity contribution in [1.29, 1.82) is 0 Å². The molecule has 1 saturated carbocycles. The molecule has 6 heteroatoms. The minimum Gasteiger partial charge on any atom is -0.374 e. The van der Waals surface area contributed by atoms with Crippen molar-refractivity contribution in [2.45, 2.75) is 46.1 Å². The van der Waals surface area contributed by atoms with Crippen molar-refractivity contribution in [2.75, 3.05) is 23.9 Å². The summed E-state index contributed by atoms with van der Waals surface area (Å²) in [5.41, 5.74) is 2.58. The van der Waals surface area contributed by atoms with Crippen molar-refractivity contribution in [2.24, 2.45) is 17.7 Å². The summed E-state index contributed by atoms with van der Waals surface area (Å²) in [4.78, 5) is 8.76. The van der Waals surface area contributed by atoms with Gasteiger partial charge in [0.15, 0.2) is 5.82 Å². The summed E-state index contributed by atoms with van der Waals surface area (Å²) in [6.45, 7) is 6.30. The zero-order valence-electron chi connectivity index (χ0n) is 13.1. The van der Waals surface area contributed by atoms with E-state index in [1.807, 2.05) is 13.0 Å². The summed E-state index contributed by atoms with van der Waals surface area (Å²) >= 11 is 0. The van der Waals surface area contributed by atoms with Gasteiger partial charge in [0, 0.05) is 19.2 Å². The third kappa shape index (κ3) is 5.13. The van der Waals surface area contributed by atoms with Crippen LogP contribution in [0.1, 0.15) is 45.4 Å². The minimum absolute atomic E-state index is 0.404. The van der Waals surface area contributed by atoms with Gasteiger partial charge in [0.2, 0.25) is 0 Å². The van der Waals surface area contributed by atoms with Crippen LogP contribution in [0.4, 0.5) is 11.6 Å². The summed E-state index contributed by atoms with van der Waals surface area (Å²) in [5, 5.41) is 3.42. The van der Waals surface area contributed by atoms with Crippen LogP contribution in [0.25, 0.3) is 0 Å². The van der Waals surface area contributed by atoms with Gasteiger partial charge in [-0.25, -0.2) is 15.8 Å². The number of hydrogen-bond acceptors (Lipinski definition) is 6. The first-order chi connectivity index (χ1) is 10.2. The molecule has 0 bridgehead atoms. The van der Waals surface area contributed by atoms with E-state index in [2.05, 4.69) is 27.6 Å². The normalized spacial score (nSPS) is 22.0. The Morgan fingerprint density at radius 3 is 2.62 bits per heavy atom. The van der Waals surface area contributed by atoms with Gasteiger partial charge in [-0.3, -0.25) is 0 Å². The van der Waals surface area contributed by atoms with Crippen LogP contribution < -0.4 is 16.6 Å². The lowest BCUT2D eigenvalue weighted by atomic mass is 9.83. The van der Waals surface area contributed by atoms with E-state index in [4.69, 9.17) is 10.6 Å². The molecule has 0 aliphatic heterocycles. The molecule has 21 heavy (non-hydrogen) atoms. The second-order valence-electron chi connectivity index (χ2n) is 5.84. The number of hydrazine groups is 1. The summed E-state index contributed by atoms with van der Waals surface area (Å²) in [6.07, 6.45) is 5.27. The molecular formula is C15H27N5O. The van der Waals surface area contributed by atoms with Crippen LogP contribution >= 0.6 is 0 Å². The summed E-state index contributed by atoms with van der Waals surface area (Å²) in [7, 11) is 0. The van der Waals surface area contributed by atoms with Gasteiger partial charge < -0.3 is 15.5 Å². The van der Waals surface area contributed by atoms with E-state index >= 15 is 0 Å². The highest BCUT2D eigenvalue weighted by atomic mass is 16.5. The topological polar surface area (TPSA) is 85.1 Å². The maximum atomic E-state index is 5.46. The minimum atomic E-state index is 0.404. The number of ether oxygens (including phenoxy) is 1. The molecule has 1 aromatic rings. The first-order valence-electron chi connectivity index (χ1n) is 7.87. The number of rotatable bonds is 7. The van der Waals surface area contributed by atoms with Gasteiger partial charge >= 0.3 is 0 Å². The molecule has 1 aliphatic rings. The van der Waals surface area contributed by atoms with Crippen LogP contribution in [-0.2, 0) is 11.3 Å². The fourth-order valence-corrected chi connectivity index (χ4v) is 2.70. The predicted molar refractivity (Wildman–Crippen MR) is 84.8 cm³/mol. The van der Waals surface area contributed by atoms with Gasteiger partial charge in [0.25, 0.3) is 0 Å². The SMILES string of the molecule is CCOCc1nc(NN)cc(NCC2CCC(C)CC2)n1. The van der Waals surface area contributed by atoms with Gasteiger partial charge in [-0.2, -0.15) is 0 Å². The van der Waals surface area contributed by atoms with Crippen LogP contribution in [0, 0.1) is 11.8 Å². The van der Waals surface area contributed by atoms with Crippen molar-refractivity contribution in [3.8, 4) is 0 Å². The maximum absolute atomic E-state index is 5.46. The number of aromatic nitrogens is 2. The van der Waals surface area contributed by atoms with Gasteiger partial charge in [0.1, 0.15) is 18.2 Å². The molecule has 0 atom stereocenters. The van der Waals surface area contributed by atoms with E-state index in [9.17, 15) is 0 Å². The average molecular weight is 293 g/mol. The Balaban J connectivity index is 1.91. The van der Waals surface area contributed by atoms with Crippen LogP contribution in [0.2, 0.25) is 0 Å². The first-order valence-corrected chi connectivity index (χ1v) is 7.87. The first kappa shape index (κ1) is 16.0. The lowest BCUT2D eigenvalue weighted by Gasteiger charge is -2.26. The highest BCUT2D eigenvalue weighted by Gasteiger charge is 2.18. The molecule has 4 N–H and O–H groups in total. The van der Waals surface area contributed by atoms with E-state index in [-0.39, 0.29) is 0 Å². The lowest BCUT2D eigenvalue weighted by molar-refractivity contribution is 0.128. The summed E-state index contributed by atoms with van der Waals surface area (Å²) < 4.78 is 5.36. The molecule has 0 unspecified atom stereocenters. The number of nitrogen functional groups attached to an aromatic ring is 1. The van der Waals surface area contributed by atoms with E-state index in [1.54, 1.807) is 0 Å². The molecule has 0 aromatic carbocycles. The zero-order valence-corrected chi connectivity index (χ0v) is 13.1. The maximum Gasteiger partial charge on any atom is 0.158 e. The van der Waals surface area contributed by atoms with Crippen LogP contribution in [0.15, 0.2) is 6.07 Å². The third-order valence-corrected chi connectivity index (χ3v) is 4.06. The Bertz CT molecular complexity index is 432. The molecule has 118 valence electrons. The number of nitrogens with one attached hydrogen (secondary N) is 2. The number of anilines is 2. The zero-order chi connectivity index (χ0) is 15.1. The summed E-state index contributed by atoms with van der Waals surface area (Å²) in [5.74, 6) is 9.15. The summed E-state index contributed by atoms with van der Waals surface area (Å²) in [6, 6.07) is 1.83. The number of nitrogens with two attached hydrogens (primary N) is 1. The Morgan fingerprint density at radius 1 is 1.24 bits per heavy atom. The highest BCUT2D eigenvalue weighted by molar-refractivity contribution is 5.46. The number of nitrogens with zero attached hydrogens (tertiary/aromatic N) is 2. The van der Waals surface area contributed by atoms with Crippen molar-refractivity contribution in [3.05, 3.63) is 11.9 Å². The lowest BCUT2D eigenvalue weighted by Crippen LogP contribution is -2.21. The van der Waals surface area contributed by atoms with Gasteiger partial charge in [-0.1, -0.05) is 19.8 Å². The molecule has 1 fully saturated rings. The Kier molecular flexibility index (Phi) is 6.20. The van der Waals surface area contributed by atoms with E-state index in [1.165, 1.54) is 25.7 Å². The quantitative estimate of drug-likeness (QED) is 0.529. The molecule has 0 radical (unpaired) electrons. The largest absolute Gasteiger partial charge is 0.374 e.